The summed E-state index contributed by atoms with van der Waals surface area (Å²) in [5, 5.41) is 0.408. The number of anilines is 1. The van der Waals surface area contributed by atoms with Crippen molar-refractivity contribution in [1.82, 2.24) is 0 Å². The lowest BCUT2D eigenvalue weighted by molar-refractivity contribution is -0.140. The van der Waals surface area contributed by atoms with Crippen molar-refractivity contribution in [3.63, 3.8) is 0 Å². The van der Waals surface area contributed by atoms with E-state index in [0.717, 1.165) is 17.2 Å². The van der Waals surface area contributed by atoms with E-state index < -0.39 is 23.6 Å². The van der Waals surface area contributed by atoms with Gasteiger partial charge < -0.3 is 14.4 Å². The van der Waals surface area contributed by atoms with Gasteiger partial charge in [-0.1, -0.05) is 53.6 Å². The van der Waals surface area contributed by atoms with Gasteiger partial charge in [-0.25, -0.2) is 9.59 Å². The van der Waals surface area contributed by atoms with Crippen LogP contribution in [0.2, 0.25) is 5.02 Å². The largest absolute Gasteiger partial charge is 0.463 e. The molecule has 8 heteroatoms. The van der Waals surface area contributed by atoms with Crippen molar-refractivity contribution >= 4 is 46.5 Å². The maximum Gasteiger partial charge on any atom is 0.339 e. The second-order valence-corrected chi connectivity index (χ2v) is 9.45. The van der Waals surface area contributed by atoms with E-state index in [4.69, 9.17) is 21.1 Å². The number of carbonyl (C=O) groups is 4. The fraction of sp³-hybridized carbons (Fsp3) is 0.188. The van der Waals surface area contributed by atoms with Gasteiger partial charge in [0.2, 0.25) is 0 Å². The SMILES string of the molecule is CCOC(=O)/C=C(C(=O)OCC)\C(C(=O)c1ccc(Cl)cc1)=C1/C(=O)N(Cc2ccccc2)c2ccc(C)cc21. The fourth-order valence-electron chi connectivity index (χ4n) is 4.47. The molecule has 1 heterocycles. The van der Waals surface area contributed by atoms with Crippen molar-refractivity contribution in [2.45, 2.75) is 27.3 Å². The maximum atomic E-state index is 14.2. The standard InChI is InChI=1S/C32H28ClNO6/c1-4-39-27(35)18-25(32(38)40-5-2)28(30(36)22-12-14-23(33)15-13-22)29-24-17-20(3)11-16-26(24)34(31(29)37)19-21-9-7-6-8-10-21/h6-18H,4-5,19H2,1-3H3/b25-18+,29-28+. The number of ketones is 1. The minimum Gasteiger partial charge on any atom is -0.463 e. The van der Waals surface area contributed by atoms with Crippen molar-refractivity contribution in [3.8, 4) is 0 Å². The van der Waals surface area contributed by atoms with Gasteiger partial charge in [0, 0.05) is 22.2 Å². The van der Waals surface area contributed by atoms with E-state index in [9.17, 15) is 19.2 Å². The van der Waals surface area contributed by atoms with Crippen LogP contribution in [0.1, 0.15) is 40.9 Å². The van der Waals surface area contributed by atoms with Gasteiger partial charge in [-0.05, 0) is 62.7 Å². The second-order valence-electron chi connectivity index (χ2n) is 9.01. The van der Waals surface area contributed by atoms with Crippen LogP contribution in [0.15, 0.2) is 90.0 Å². The molecule has 0 fully saturated rings. The molecular formula is C32H28ClNO6. The number of halogens is 1. The van der Waals surface area contributed by atoms with Gasteiger partial charge in [0.05, 0.1) is 42.2 Å². The first kappa shape index (κ1) is 28.5. The van der Waals surface area contributed by atoms with E-state index in [0.29, 0.717) is 16.3 Å². The highest BCUT2D eigenvalue weighted by Gasteiger charge is 2.39. The number of ether oxygens (including phenoxy) is 2. The molecule has 0 aromatic heterocycles. The lowest BCUT2D eigenvalue weighted by atomic mass is 9.88. The van der Waals surface area contributed by atoms with Gasteiger partial charge in [-0.15, -0.1) is 0 Å². The third-order valence-electron chi connectivity index (χ3n) is 6.25. The number of hydrogen-bond donors (Lipinski definition) is 0. The average Bonchev–Trinajstić information content (AvgIpc) is 3.19. The van der Waals surface area contributed by atoms with Gasteiger partial charge in [0.1, 0.15) is 0 Å². The Morgan fingerprint density at radius 3 is 2.23 bits per heavy atom. The molecule has 0 radical (unpaired) electrons. The number of esters is 2. The van der Waals surface area contributed by atoms with E-state index in [1.807, 2.05) is 49.4 Å². The van der Waals surface area contributed by atoms with Crippen LogP contribution in [0.5, 0.6) is 0 Å². The molecule has 0 atom stereocenters. The highest BCUT2D eigenvalue weighted by molar-refractivity contribution is 6.40. The van der Waals surface area contributed by atoms with Crippen LogP contribution < -0.4 is 4.90 Å². The summed E-state index contributed by atoms with van der Waals surface area (Å²) in [5.41, 5.74) is 2.33. The van der Waals surface area contributed by atoms with E-state index in [1.54, 1.807) is 24.8 Å². The van der Waals surface area contributed by atoms with E-state index in [-0.39, 0.29) is 42.0 Å². The Morgan fingerprint density at radius 2 is 1.57 bits per heavy atom. The Labute approximate surface area is 237 Å². The van der Waals surface area contributed by atoms with Crippen molar-refractivity contribution in [1.29, 1.82) is 0 Å². The van der Waals surface area contributed by atoms with Crippen LogP contribution >= 0.6 is 11.6 Å². The predicted molar refractivity (Wildman–Crippen MR) is 153 cm³/mol. The maximum absolute atomic E-state index is 14.2. The molecule has 3 aromatic carbocycles. The highest BCUT2D eigenvalue weighted by Crippen LogP contribution is 2.42. The lowest BCUT2D eigenvalue weighted by Crippen LogP contribution is -2.27. The summed E-state index contributed by atoms with van der Waals surface area (Å²) in [7, 11) is 0. The van der Waals surface area contributed by atoms with Crippen LogP contribution in [0, 0.1) is 6.92 Å². The molecule has 204 valence electrons. The zero-order chi connectivity index (χ0) is 28.8. The average molecular weight is 558 g/mol. The molecule has 0 bridgehead atoms. The molecule has 1 amide bonds. The molecule has 40 heavy (non-hydrogen) atoms. The third-order valence-corrected chi connectivity index (χ3v) is 6.50. The number of rotatable bonds is 9. The van der Waals surface area contributed by atoms with Crippen LogP contribution in [-0.4, -0.2) is 36.8 Å². The van der Waals surface area contributed by atoms with Crippen molar-refractivity contribution in [2.24, 2.45) is 0 Å². The molecule has 0 N–H and O–H groups in total. The quantitative estimate of drug-likeness (QED) is 0.185. The van der Waals surface area contributed by atoms with Crippen LogP contribution in [0.4, 0.5) is 5.69 Å². The topological polar surface area (TPSA) is 90.0 Å². The van der Waals surface area contributed by atoms with Crippen LogP contribution in [-0.2, 0) is 30.4 Å². The van der Waals surface area contributed by atoms with Gasteiger partial charge >= 0.3 is 11.9 Å². The van der Waals surface area contributed by atoms with Crippen molar-refractivity contribution in [2.75, 3.05) is 18.1 Å². The third kappa shape index (κ3) is 6.05. The fourth-order valence-corrected chi connectivity index (χ4v) is 4.60. The van der Waals surface area contributed by atoms with Crippen molar-refractivity contribution in [3.05, 3.63) is 117 Å². The van der Waals surface area contributed by atoms with Gasteiger partial charge in [0.15, 0.2) is 5.78 Å². The smallest absolute Gasteiger partial charge is 0.339 e. The minimum atomic E-state index is -0.927. The second kappa shape index (κ2) is 12.6. The summed E-state index contributed by atoms with van der Waals surface area (Å²) in [6, 6.07) is 20.9. The number of benzene rings is 3. The zero-order valence-corrected chi connectivity index (χ0v) is 23.2. The molecule has 4 rings (SSSR count). The number of Topliss-reactive ketones (excluding diaryl/α,β-unsaturated/α-hetero) is 1. The summed E-state index contributed by atoms with van der Waals surface area (Å²) in [4.78, 5) is 55.8. The summed E-state index contributed by atoms with van der Waals surface area (Å²) < 4.78 is 10.3. The first-order valence-corrected chi connectivity index (χ1v) is 13.2. The van der Waals surface area contributed by atoms with E-state index in [2.05, 4.69) is 0 Å². The van der Waals surface area contributed by atoms with Crippen LogP contribution in [0.3, 0.4) is 0 Å². The predicted octanol–water partition coefficient (Wildman–Crippen LogP) is 5.88. The normalized spacial score (nSPS) is 14.1. The monoisotopic (exact) mass is 557 g/mol. The van der Waals surface area contributed by atoms with Gasteiger partial charge in [-0.3, -0.25) is 9.59 Å². The molecule has 0 saturated heterocycles. The first-order chi connectivity index (χ1) is 19.2. The van der Waals surface area contributed by atoms with Crippen molar-refractivity contribution < 1.29 is 28.7 Å². The Kier molecular flexibility index (Phi) is 8.97. The number of nitrogens with zero attached hydrogens (tertiary/aromatic N) is 1. The number of fused-ring (bicyclic) bond motifs is 1. The number of aryl methyl sites for hydroxylation is 1. The molecule has 1 aliphatic heterocycles. The van der Waals surface area contributed by atoms with Gasteiger partial charge in [-0.2, -0.15) is 0 Å². The molecule has 0 saturated carbocycles. The summed E-state index contributed by atoms with van der Waals surface area (Å²) >= 11 is 6.05. The molecule has 1 aliphatic rings. The molecular weight excluding hydrogens is 530 g/mol. The molecule has 0 spiro atoms. The minimum absolute atomic E-state index is 0.00168. The number of carbonyl (C=O) groups excluding carboxylic acids is 4. The summed E-state index contributed by atoms with van der Waals surface area (Å²) in [6.07, 6.45) is 0.917. The first-order valence-electron chi connectivity index (χ1n) is 12.8. The summed E-state index contributed by atoms with van der Waals surface area (Å²) in [6.45, 7) is 5.36. The van der Waals surface area contributed by atoms with Gasteiger partial charge in [0.25, 0.3) is 5.91 Å². The molecule has 0 unspecified atom stereocenters. The molecule has 7 nitrogen and oxygen atoms in total. The lowest BCUT2D eigenvalue weighted by Gasteiger charge is -2.18. The Balaban J connectivity index is 2.03. The van der Waals surface area contributed by atoms with E-state index in [1.165, 1.54) is 24.3 Å². The highest BCUT2D eigenvalue weighted by atomic mass is 35.5. The Bertz CT molecular complexity index is 1520. The Morgan fingerprint density at radius 1 is 0.900 bits per heavy atom. The number of amides is 1. The summed E-state index contributed by atoms with van der Waals surface area (Å²) in [5.74, 6) is -2.90. The van der Waals surface area contributed by atoms with Crippen LogP contribution in [0.25, 0.3) is 5.57 Å². The molecule has 0 aliphatic carbocycles. The van der Waals surface area contributed by atoms with E-state index >= 15 is 0 Å². The number of hydrogen-bond acceptors (Lipinski definition) is 6. The zero-order valence-electron chi connectivity index (χ0n) is 22.4. The Hall–Kier alpha value is -4.49. The molecule has 3 aromatic rings.